The van der Waals surface area contributed by atoms with E-state index in [9.17, 15) is 14.7 Å². The molecule has 0 fully saturated rings. The summed E-state index contributed by atoms with van der Waals surface area (Å²) in [5, 5.41) is 11.4. The standard InChI is InChI=1S/C30H32ClNO3/c1-29(2)13-21-27(24(34)15-29)26(20-12-19(31)10-11-23(20)33)28-22(14-30(3,4)16-25(28)35)32(21)17-18-8-6-5-7-9-18/h5-12,26,33H,13-17H2,1-4H3. The number of phenols is 1. The van der Waals surface area contributed by atoms with E-state index in [-0.39, 0.29) is 28.1 Å². The second-order valence-corrected chi connectivity index (χ2v) is 12.2. The van der Waals surface area contributed by atoms with Crippen molar-refractivity contribution in [1.29, 1.82) is 0 Å². The Bertz CT molecular complexity index is 1230. The molecule has 0 unspecified atom stereocenters. The van der Waals surface area contributed by atoms with Crippen molar-refractivity contribution in [3.8, 4) is 5.75 Å². The van der Waals surface area contributed by atoms with Gasteiger partial charge >= 0.3 is 0 Å². The van der Waals surface area contributed by atoms with E-state index >= 15 is 0 Å². The average Bonchev–Trinajstić information content (AvgIpc) is 2.75. The number of Topliss-reactive ketones (excluding diaryl/α,β-unsaturated/α-hetero) is 2. The number of rotatable bonds is 3. The smallest absolute Gasteiger partial charge is 0.162 e. The summed E-state index contributed by atoms with van der Waals surface area (Å²) in [7, 11) is 0. The highest BCUT2D eigenvalue weighted by atomic mass is 35.5. The minimum Gasteiger partial charge on any atom is -0.508 e. The number of allylic oxidation sites excluding steroid dienone is 4. The van der Waals surface area contributed by atoms with Crippen LogP contribution in [-0.4, -0.2) is 21.6 Å². The van der Waals surface area contributed by atoms with Crippen molar-refractivity contribution in [2.24, 2.45) is 10.8 Å². The van der Waals surface area contributed by atoms with Crippen LogP contribution in [0.3, 0.4) is 0 Å². The van der Waals surface area contributed by atoms with E-state index in [0.29, 0.717) is 41.1 Å². The van der Waals surface area contributed by atoms with E-state index in [2.05, 4.69) is 44.7 Å². The van der Waals surface area contributed by atoms with Crippen molar-refractivity contribution in [3.63, 3.8) is 0 Å². The van der Waals surface area contributed by atoms with Crippen LogP contribution in [0.4, 0.5) is 0 Å². The fraction of sp³-hybridized carbons (Fsp3) is 0.400. The molecule has 1 heterocycles. The van der Waals surface area contributed by atoms with Gasteiger partial charge in [-0.15, -0.1) is 0 Å². The molecule has 5 heteroatoms. The summed E-state index contributed by atoms with van der Waals surface area (Å²) in [5.41, 5.74) is 4.51. The van der Waals surface area contributed by atoms with Crippen molar-refractivity contribution >= 4 is 23.2 Å². The second kappa shape index (κ2) is 8.37. The maximum atomic E-state index is 13.8. The molecule has 0 saturated carbocycles. The number of hydrogen-bond donors (Lipinski definition) is 1. The van der Waals surface area contributed by atoms with Gasteiger partial charge in [-0.1, -0.05) is 69.6 Å². The van der Waals surface area contributed by atoms with Crippen LogP contribution in [0.25, 0.3) is 0 Å². The van der Waals surface area contributed by atoms with Crippen LogP contribution in [0.15, 0.2) is 71.1 Å². The maximum Gasteiger partial charge on any atom is 0.162 e. The van der Waals surface area contributed by atoms with Gasteiger partial charge in [0.25, 0.3) is 0 Å². The molecular weight excluding hydrogens is 458 g/mol. The maximum absolute atomic E-state index is 13.8. The lowest BCUT2D eigenvalue weighted by Gasteiger charge is -2.49. The summed E-state index contributed by atoms with van der Waals surface area (Å²) in [6.45, 7) is 9.10. The molecule has 2 aromatic rings. The first kappa shape index (κ1) is 23.9. The summed E-state index contributed by atoms with van der Waals surface area (Å²) in [6, 6.07) is 15.1. The number of hydrogen-bond acceptors (Lipinski definition) is 4. The van der Waals surface area contributed by atoms with Gasteiger partial charge in [-0.3, -0.25) is 9.59 Å². The van der Waals surface area contributed by atoms with E-state index in [0.717, 1.165) is 29.8 Å². The molecule has 0 atom stereocenters. The monoisotopic (exact) mass is 489 g/mol. The Labute approximate surface area is 212 Å². The molecule has 1 N–H and O–H groups in total. The largest absolute Gasteiger partial charge is 0.508 e. The normalized spacial score (nSPS) is 21.8. The molecule has 0 amide bonds. The van der Waals surface area contributed by atoms with E-state index < -0.39 is 5.92 Å². The van der Waals surface area contributed by atoms with Gasteiger partial charge in [0.05, 0.1) is 0 Å². The molecule has 182 valence electrons. The lowest BCUT2D eigenvalue weighted by Crippen LogP contribution is -2.44. The minimum atomic E-state index is -0.599. The number of ketones is 2. The number of nitrogens with zero attached hydrogens (tertiary/aromatic N) is 1. The molecule has 0 spiro atoms. The number of carbonyl (C=O) groups is 2. The first-order valence-corrected chi connectivity index (χ1v) is 12.7. The van der Waals surface area contributed by atoms with Crippen molar-refractivity contribution in [2.75, 3.05) is 0 Å². The number of phenolic OH excluding ortho intramolecular Hbond substituents is 1. The Kier molecular flexibility index (Phi) is 5.71. The van der Waals surface area contributed by atoms with Gasteiger partial charge in [-0.05, 0) is 47.4 Å². The third kappa shape index (κ3) is 4.33. The van der Waals surface area contributed by atoms with Crippen LogP contribution in [0.5, 0.6) is 5.75 Å². The fourth-order valence-electron chi connectivity index (χ4n) is 6.07. The van der Waals surface area contributed by atoms with Crippen molar-refractivity contribution in [1.82, 2.24) is 4.90 Å². The third-order valence-corrected chi connectivity index (χ3v) is 7.74. The predicted molar refractivity (Wildman–Crippen MR) is 138 cm³/mol. The molecule has 0 aromatic heterocycles. The Balaban J connectivity index is 1.79. The van der Waals surface area contributed by atoms with Gasteiger partial charge in [-0.25, -0.2) is 0 Å². The number of halogens is 1. The molecule has 0 bridgehead atoms. The van der Waals surface area contributed by atoms with Crippen molar-refractivity contribution in [2.45, 2.75) is 65.8 Å². The molecule has 2 aromatic carbocycles. The lowest BCUT2D eigenvalue weighted by atomic mass is 9.63. The van der Waals surface area contributed by atoms with E-state index in [1.807, 2.05) is 18.2 Å². The lowest BCUT2D eigenvalue weighted by molar-refractivity contribution is -0.119. The summed E-state index contributed by atoms with van der Waals surface area (Å²) in [4.78, 5) is 29.8. The predicted octanol–water partition coefficient (Wildman–Crippen LogP) is 6.93. The second-order valence-electron chi connectivity index (χ2n) is 11.8. The highest BCUT2D eigenvalue weighted by molar-refractivity contribution is 6.30. The third-order valence-electron chi connectivity index (χ3n) is 7.51. The number of benzene rings is 2. The topological polar surface area (TPSA) is 57.6 Å². The first-order chi connectivity index (χ1) is 16.5. The molecule has 4 nitrogen and oxygen atoms in total. The zero-order chi connectivity index (χ0) is 25.1. The van der Waals surface area contributed by atoms with Gasteiger partial charge in [0.15, 0.2) is 11.6 Å². The van der Waals surface area contributed by atoms with Gasteiger partial charge in [-0.2, -0.15) is 0 Å². The Morgan fingerprint density at radius 2 is 1.40 bits per heavy atom. The van der Waals surface area contributed by atoms with Gasteiger partial charge in [0, 0.05) is 58.4 Å². The molecule has 1 aliphatic heterocycles. The van der Waals surface area contributed by atoms with Crippen LogP contribution in [0.1, 0.15) is 70.4 Å². The number of carbonyl (C=O) groups excluding carboxylic acids is 2. The average molecular weight is 490 g/mol. The van der Waals surface area contributed by atoms with E-state index in [1.165, 1.54) is 0 Å². The van der Waals surface area contributed by atoms with Crippen LogP contribution < -0.4 is 0 Å². The van der Waals surface area contributed by atoms with Gasteiger partial charge < -0.3 is 10.0 Å². The quantitative estimate of drug-likeness (QED) is 0.507. The highest BCUT2D eigenvalue weighted by Gasteiger charge is 2.49. The Morgan fingerprint density at radius 3 is 1.94 bits per heavy atom. The summed E-state index contributed by atoms with van der Waals surface area (Å²) < 4.78 is 0. The summed E-state index contributed by atoms with van der Waals surface area (Å²) >= 11 is 6.36. The molecule has 0 saturated heterocycles. The van der Waals surface area contributed by atoms with Crippen LogP contribution in [-0.2, 0) is 16.1 Å². The Hall–Kier alpha value is -2.85. The molecule has 3 aliphatic rings. The van der Waals surface area contributed by atoms with Crippen LogP contribution in [0, 0.1) is 10.8 Å². The molecule has 0 radical (unpaired) electrons. The molecule has 35 heavy (non-hydrogen) atoms. The fourth-order valence-corrected chi connectivity index (χ4v) is 6.25. The number of aromatic hydroxyl groups is 1. The van der Waals surface area contributed by atoms with Gasteiger partial charge in [0.1, 0.15) is 5.75 Å². The Morgan fingerprint density at radius 1 is 0.857 bits per heavy atom. The van der Waals surface area contributed by atoms with Crippen LogP contribution >= 0.6 is 11.6 Å². The zero-order valence-electron chi connectivity index (χ0n) is 20.8. The minimum absolute atomic E-state index is 0.0443. The first-order valence-electron chi connectivity index (χ1n) is 12.3. The zero-order valence-corrected chi connectivity index (χ0v) is 21.6. The van der Waals surface area contributed by atoms with Crippen LogP contribution in [0.2, 0.25) is 5.02 Å². The summed E-state index contributed by atoms with van der Waals surface area (Å²) in [5.74, 6) is -0.450. The molecular formula is C30H32ClNO3. The SMILES string of the molecule is CC1(C)CC(=O)C2=C(C1)N(Cc1ccccc1)C1=C(C(=O)CC(C)(C)C1)C2c1cc(Cl)ccc1O. The highest BCUT2D eigenvalue weighted by Crippen LogP contribution is 2.55. The van der Waals surface area contributed by atoms with E-state index in [4.69, 9.17) is 11.6 Å². The van der Waals surface area contributed by atoms with E-state index in [1.54, 1.807) is 18.2 Å². The van der Waals surface area contributed by atoms with Crippen molar-refractivity contribution in [3.05, 3.63) is 87.2 Å². The van der Waals surface area contributed by atoms with Crippen molar-refractivity contribution < 1.29 is 14.7 Å². The molecule has 2 aliphatic carbocycles. The summed E-state index contributed by atoms with van der Waals surface area (Å²) in [6.07, 6.45) is 2.27. The van der Waals surface area contributed by atoms with Gasteiger partial charge in [0.2, 0.25) is 0 Å². The molecule has 5 rings (SSSR count).